The van der Waals surface area contributed by atoms with E-state index in [2.05, 4.69) is 54.6 Å². The topological polar surface area (TPSA) is 51.3 Å². The highest BCUT2D eigenvalue weighted by Crippen LogP contribution is 2.27. The molecule has 0 saturated heterocycles. The molecular weight excluding hydrogens is 274 g/mol. The summed E-state index contributed by atoms with van der Waals surface area (Å²) in [5.74, 6) is 0.966. The van der Waals surface area contributed by atoms with Crippen molar-refractivity contribution in [2.75, 3.05) is 0 Å². The molecule has 1 aromatic heterocycles. The Labute approximate surface area is 131 Å². The summed E-state index contributed by atoms with van der Waals surface area (Å²) in [4.78, 5) is 8.39. The predicted octanol–water partition coefficient (Wildman–Crippen LogP) is 4.65. The van der Waals surface area contributed by atoms with Gasteiger partial charge in [0.05, 0.1) is 0 Å². The van der Waals surface area contributed by atoms with Gasteiger partial charge in [0.25, 0.3) is 5.89 Å². The Morgan fingerprint density at radius 3 is 2.77 bits per heavy atom. The van der Waals surface area contributed by atoms with Crippen molar-refractivity contribution in [2.45, 2.75) is 33.1 Å². The van der Waals surface area contributed by atoms with E-state index in [0.29, 0.717) is 17.3 Å². The maximum Gasteiger partial charge on any atom is 0.258 e. The van der Waals surface area contributed by atoms with Crippen molar-refractivity contribution in [3.63, 3.8) is 0 Å². The average molecular weight is 295 g/mol. The van der Waals surface area contributed by atoms with E-state index in [4.69, 9.17) is 4.52 Å². The fraction of sp³-hybridized carbons (Fsp3) is 0.278. The van der Waals surface area contributed by atoms with Gasteiger partial charge in [-0.3, -0.25) is 4.99 Å². The van der Waals surface area contributed by atoms with E-state index in [1.54, 1.807) is 18.5 Å². The van der Waals surface area contributed by atoms with Gasteiger partial charge in [0.1, 0.15) is 0 Å². The van der Waals surface area contributed by atoms with Crippen LogP contribution in [0.15, 0.2) is 52.6 Å². The van der Waals surface area contributed by atoms with Gasteiger partial charge in [-0.2, -0.15) is 4.98 Å². The van der Waals surface area contributed by atoms with Crippen LogP contribution in [-0.2, 0) is 5.41 Å². The third-order valence-corrected chi connectivity index (χ3v) is 3.20. The smallest absolute Gasteiger partial charge is 0.258 e. The summed E-state index contributed by atoms with van der Waals surface area (Å²) in [5.41, 5.74) is 2.87. The number of hydrogen-bond acceptors (Lipinski definition) is 4. The second kappa shape index (κ2) is 6.52. The Morgan fingerprint density at radius 1 is 1.32 bits per heavy atom. The van der Waals surface area contributed by atoms with Crippen LogP contribution in [0.5, 0.6) is 0 Å². The Hall–Kier alpha value is -2.49. The average Bonchev–Trinajstić information content (AvgIpc) is 2.96. The minimum atomic E-state index is 0.0728. The van der Waals surface area contributed by atoms with Crippen LogP contribution in [0.1, 0.15) is 39.1 Å². The van der Waals surface area contributed by atoms with Crippen molar-refractivity contribution in [3.05, 3.63) is 54.5 Å². The Balaban J connectivity index is 2.27. The summed E-state index contributed by atoms with van der Waals surface area (Å²) in [7, 11) is 0. The molecule has 114 valence electrons. The molecule has 0 aliphatic carbocycles. The third-order valence-electron chi connectivity index (χ3n) is 3.20. The summed E-state index contributed by atoms with van der Waals surface area (Å²) in [6.07, 6.45) is 5.10. The molecule has 0 N–H and O–H groups in total. The van der Waals surface area contributed by atoms with E-state index in [-0.39, 0.29) is 5.41 Å². The fourth-order valence-electron chi connectivity index (χ4n) is 1.88. The number of allylic oxidation sites excluding steroid dienone is 2. The molecule has 0 radical (unpaired) electrons. The van der Waals surface area contributed by atoms with Gasteiger partial charge < -0.3 is 4.52 Å². The molecule has 0 fully saturated rings. The van der Waals surface area contributed by atoms with E-state index >= 15 is 0 Å². The van der Waals surface area contributed by atoms with Crippen molar-refractivity contribution in [3.8, 4) is 11.5 Å². The minimum absolute atomic E-state index is 0.0728. The van der Waals surface area contributed by atoms with Crippen molar-refractivity contribution in [2.24, 2.45) is 4.99 Å². The molecule has 0 atom stereocenters. The predicted molar refractivity (Wildman–Crippen MR) is 90.8 cm³/mol. The molecule has 1 heterocycles. The van der Waals surface area contributed by atoms with Gasteiger partial charge in [-0.15, -0.1) is 0 Å². The minimum Gasteiger partial charge on any atom is -0.334 e. The first-order valence-corrected chi connectivity index (χ1v) is 7.20. The molecule has 4 nitrogen and oxygen atoms in total. The molecule has 0 spiro atoms. The molecule has 0 aliphatic rings. The van der Waals surface area contributed by atoms with Crippen molar-refractivity contribution in [1.82, 2.24) is 10.1 Å². The van der Waals surface area contributed by atoms with E-state index in [1.165, 1.54) is 5.56 Å². The first kappa shape index (κ1) is 15.9. The summed E-state index contributed by atoms with van der Waals surface area (Å²) >= 11 is 0. The van der Waals surface area contributed by atoms with Crippen LogP contribution in [0, 0.1) is 0 Å². The van der Waals surface area contributed by atoms with Crippen molar-refractivity contribution >= 4 is 11.8 Å². The summed E-state index contributed by atoms with van der Waals surface area (Å²) < 4.78 is 5.35. The molecule has 22 heavy (non-hydrogen) atoms. The van der Waals surface area contributed by atoms with Crippen LogP contribution < -0.4 is 0 Å². The standard InChI is InChI=1S/C18H21N3O/c1-6-19-11-10-13(2)16-20-17(22-21-16)14-8-7-9-15(12-14)18(3,4)5/h6-12H,2H2,1,3-5H3/b11-10-,19-6-. The Morgan fingerprint density at radius 2 is 2.09 bits per heavy atom. The molecule has 0 amide bonds. The first-order valence-electron chi connectivity index (χ1n) is 7.20. The zero-order valence-electron chi connectivity index (χ0n) is 13.5. The second-order valence-corrected chi connectivity index (χ2v) is 6.00. The van der Waals surface area contributed by atoms with E-state index < -0.39 is 0 Å². The molecule has 2 rings (SSSR count). The highest BCUT2D eigenvalue weighted by atomic mass is 16.5. The van der Waals surface area contributed by atoms with E-state index in [9.17, 15) is 0 Å². The van der Waals surface area contributed by atoms with Gasteiger partial charge >= 0.3 is 0 Å². The number of nitrogens with zero attached hydrogens (tertiary/aromatic N) is 3. The van der Waals surface area contributed by atoms with Crippen LogP contribution in [0.3, 0.4) is 0 Å². The van der Waals surface area contributed by atoms with E-state index in [0.717, 1.165) is 5.56 Å². The Bertz CT molecular complexity index is 718. The normalized spacial score (nSPS) is 12.4. The van der Waals surface area contributed by atoms with Gasteiger partial charge in [0.15, 0.2) is 0 Å². The highest BCUT2D eigenvalue weighted by Gasteiger charge is 2.16. The van der Waals surface area contributed by atoms with Crippen LogP contribution in [0.4, 0.5) is 0 Å². The lowest BCUT2D eigenvalue weighted by molar-refractivity contribution is 0.428. The molecular formula is C18H21N3O. The fourth-order valence-corrected chi connectivity index (χ4v) is 1.88. The second-order valence-electron chi connectivity index (χ2n) is 6.00. The van der Waals surface area contributed by atoms with Crippen LogP contribution in [0.2, 0.25) is 0 Å². The number of rotatable bonds is 4. The zero-order valence-corrected chi connectivity index (χ0v) is 13.5. The molecule has 0 unspecified atom stereocenters. The zero-order chi connectivity index (χ0) is 16.2. The molecule has 0 aliphatic heterocycles. The Kier molecular flexibility index (Phi) is 4.71. The molecule has 0 bridgehead atoms. The molecule has 1 aromatic carbocycles. The first-order chi connectivity index (χ1) is 10.4. The number of benzene rings is 1. The lowest BCUT2D eigenvalue weighted by Gasteiger charge is -2.19. The van der Waals surface area contributed by atoms with Gasteiger partial charge in [-0.25, -0.2) is 0 Å². The van der Waals surface area contributed by atoms with Gasteiger partial charge in [-0.1, -0.05) is 44.6 Å². The quantitative estimate of drug-likeness (QED) is 0.609. The van der Waals surface area contributed by atoms with Crippen molar-refractivity contribution < 1.29 is 4.52 Å². The largest absolute Gasteiger partial charge is 0.334 e. The lowest BCUT2D eigenvalue weighted by Crippen LogP contribution is -2.10. The van der Waals surface area contributed by atoms with Crippen LogP contribution in [-0.4, -0.2) is 16.4 Å². The lowest BCUT2D eigenvalue weighted by atomic mass is 9.86. The summed E-state index contributed by atoms with van der Waals surface area (Å²) in [5, 5.41) is 3.97. The summed E-state index contributed by atoms with van der Waals surface area (Å²) in [6, 6.07) is 8.15. The molecule has 0 saturated carbocycles. The number of aliphatic imine (C=N–C) groups is 1. The third kappa shape index (κ3) is 3.79. The van der Waals surface area contributed by atoms with Crippen LogP contribution >= 0.6 is 0 Å². The molecule has 4 heteroatoms. The highest BCUT2D eigenvalue weighted by molar-refractivity contribution is 5.68. The maximum atomic E-state index is 5.35. The maximum absolute atomic E-state index is 5.35. The van der Waals surface area contributed by atoms with Gasteiger partial charge in [-0.05, 0) is 36.1 Å². The van der Waals surface area contributed by atoms with Crippen LogP contribution in [0.25, 0.3) is 17.0 Å². The van der Waals surface area contributed by atoms with Gasteiger partial charge in [0, 0.05) is 23.6 Å². The summed E-state index contributed by atoms with van der Waals surface area (Å²) in [6.45, 7) is 12.3. The van der Waals surface area contributed by atoms with Crippen molar-refractivity contribution in [1.29, 1.82) is 0 Å². The van der Waals surface area contributed by atoms with Gasteiger partial charge in [0.2, 0.25) is 5.82 Å². The SMILES string of the molecule is C=C(/C=C\N=C/C)c1noc(-c2cccc(C(C)(C)C)c2)n1. The number of aromatic nitrogens is 2. The van der Waals surface area contributed by atoms with E-state index in [1.807, 2.05) is 19.1 Å². The monoisotopic (exact) mass is 295 g/mol. The molecule has 2 aromatic rings. The number of hydrogen-bond donors (Lipinski definition) is 0.